The summed E-state index contributed by atoms with van der Waals surface area (Å²) in [4.78, 5) is 12.2. The van der Waals surface area contributed by atoms with Crippen LogP contribution in [-0.4, -0.2) is 46.4 Å². The molecule has 7 heteroatoms. The molecule has 0 radical (unpaired) electrons. The highest BCUT2D eigenvalue weighted by Crippen LogP contribution is 2.18. The summed E-state index contributed by atoms with van der Waals surface area (Å²) in [5.74, 6) is -0.178. The van der Waals surface area contributed by atoms with E-state index in [-0.39, 0.29) is 24.4 Å². The van der Waals surface area contributed by atoms with Gasteiger partial charge in [-0.1, -0.05) is 12.1 Å². The Morgan fingerprint density at radius 2 is 2.19 bits per heavy atom. The van der Waals surface area contributed by atoms with E-state index in [0.717, 1.165) is 11.1 Å². The minimum absolute atomic E-state index is 0. The van der Waals surface area contributed by atoms with Crippen LogP contribution in [0.15, 0.2) is 36.7 Å². The minimum atomic E-state index is -0.531. The molecule has 0 saturated carbocycles. The van der Waals surface area contributed by atoms with Gasteiger partial charge in [0.2, 0.25) is 0 Å². The van der Waals surface area contributed by atoms with Crippen LogP contribution in [0.5, 0.6) is 0 Å². The number of rotatable bonds is 3. The highest BCUT2D eigenvalue weighted by molar-refractivity contribution is 5.95. The van der Waals surface area contributed by atoms with Crippen molar-refractivity contribution in [3.05, 3.63) is 42.2 Å². The Morgan fingerprint density at radius 1 is 1.33 bits per heavy atom. The molecular weight excluding hydrogens is 292 g/mol. The predicted molar refractivity (Wildman–Crippen MR) is 81.4 cm³/mol. The largest absolute Gasteiger partial charge is 0.390 e. The van der Waals surface area contributed by atoms with E-state index < -0.39 is 6.10 Å². The number of halogens is 1. The Kier molecular flexibility index (Phi) is 4.95. The van der Waals surface area contributed by atoms with Gasteiger partial charge in [0.25, 0.3) is 5.91 Å². The van der Waals surface area contributed by atoms with Crippen LogP contribution >= 0.6 is 12.4 Å². The fourth-order valence-electron chi connectivity index (χ4n) is 2.31. The van der Waals surface area contributed by atoms with Crippen molar-refractivity contribution in [2.45, 2.75) is 12.1 Å². The molecule has 1 aromatic carbocycles. The van der Waals surface area contributed by atoms with Crippen LogP contribution in [0.4, 0.5) is 0 Å². The molecule has 0 spiro atoms. The first-order valence-corrected chi connectivity index (χ1v) is 6.53. The molecular formula is C14H17ClN4O2. The first-order chi connectivity index (χ1) is 9.74. The van der Waals surface area contributed by atoms with E-state index in [0.29, 0.717) is 18.7 Å². The first-order valence-electron chi connectivity index (χ1n) is 6.53. The molecule has 0 aliphatic carbocycles. The van der Waals surface area contributed by atoms with Gasteiger partial charge in [0.1, 0.15) is 0 Å². The standard InChI is InChI=1S/C14H16N4O2.ClH/c19-13-8-15-7-12(13)18-14(20)10-3-1-2-9(4-10)11-5-16-17-6-11;/h1-6,12-13,15,19H,7-8H2,(H,16,17)(H,18,20);1H/t12-,13-;/m1./s1. The molecule has 1 fully saturated rings. The molecule has 0 bridgehead atoms. The maximum atomic E-state index is 12.2. The third-order valence-electron chi connectivity index (χ3n) is 3.45. The Hall–Kier alpha value is -1.89. The minimum Gasteiger partial charge on any atom is -0.390 e. The number of aliphatic hydroxyl groups excluding tert-OH is 1. The maximum absolute atomic E-state index is 12.2. The summed E-state index contributed by atoms with van der Waals surface area (Å²) in [5.41, 5.74) is 2.43. The number of nitrogens with one attached hydrogen (secondary N) is 3. The van der Waals surface area contributed by atoms with Crippen molar-refractivity contribution in [3.8, 4) is 11.1 Å². The van der Waals surface area contributed by atoms with E-state index in [1.807, 2.05) is 18.2 Å². The first kappa shape index (κ1) is 15.5. The van der Waals surface area contributed by atoms with Crippen molar-refractivity contribution in [2.75, 3.05) is 13.1 Å². The predicted octanol–water partition coefficient (Wildman–Crippen LogP) is 0.561. The third-order valence-corrected chi connectivity index (χ3v) is 3.45. The Balaban J connectivity index is 0.00000161. The van der Waals surface area contributed by atoms with Crippen molar-refractivity contribution >= 4 is 18.3 Å². The van der Waals surface area contributed by atoms with Crippen molar-refractivity contribution in [1.82, 2.24) is 20.8 Å². The van der Waals surface area contributed by atoms with Gasteiger partial charge in [-0.2, -0.15) is 5.10 Å². The summed E-state index contributed by atoms with van der Waals surface area (Å²) in [5, 5.41) is 22.2. The quantitative estimate of drug-likeness (QED) is 0.667. The second-order valence-corrected chi connectivity index (χ2v) is 4.87. The Morgan fingerprint density at radius 3 is 2.86 bits per heavy atom. The highest BCUT2D eigenvalue weighted by Gasteiger charge is 2.26. The van der Waals surface area contributed by atoms with E-state index >= 15 is 0 Å². The van der Waals surface area contributed by atoms with E-state index in [9.17, 15) is 9.90 Å². The van der Waals surface area contributed by atoms with Gasteiger partial charge in [-0.3, -0.25) is 9.89 Å². The zero-order chi connectivity index (χ0) is 13.9. The van der Waals surface area contributed by atoms with E-state index in [1.165, 1.54) is 0 Å². The summed E-state index contributed by atoms with van der Waals surface area (Å²) < 4.78 is 0. The van der Waals surface area contributed by atoms with Gasteiger partial charge in [-0.25, -0.2) is 0 Å². The number of amides is 1. The van der Waals surface area contributed by atoms with E-state index in [2.05, 4.69) is 20.8 Å². The van der Waals surface area contributed by atoms with E-state index in [4.69, 9.17) is 0 Å². The van der Waals surface area contributed by atoms with Crippen LogP contribution in [0.2, 0.25) is 0 Å². The number of benzene rings is 1. The van der Waals surface area contributed by atoms with Gasteiger partial charge in [-0.05, 0) is 17.7 Å². The number of hydrogen-bond donors (Lipinski definition) is 4. The number of nitrogens with zero attached hydrogens (tertiary/aromatic N) is 1. The zero-order valence-corrected chi connectivity index (χ0v) is 12.1. The number of aliphatic hydroxyl groups is 1. The van der Waals surface area contributed by atoms with Crippen LogP contribution in [-0.2, 0) is 0 Å². The molecule has 1 aromatic heterocycles. The molecule has 2 heterocycles. The summed E-state index contributed by atoms with van der Waals surface area (Å²) in [6.07, 6.45) is 2.96. The molecule has 0 unspecified atom stereocenters. The van der Waals surface area contributed by atoms with Crippen LogP contribution in [0, 0.1) is 0 Å². The van der Waals surface area contributed by atoms with Gasteiger partial charge in [0.15, 0.2) is 0 Å². The maximum Gasteiger partial charge on any atom is 0.251 e. The Labute approximate surface area is 128 Å². The second-order valence-electron chi connectivity index (χ2n) is 4.87. The normalized spacial score (nSPS) is 20.8. The van der Waals surface area contributed by atoms with E-state index in [1.54, 1.807) is 18.5 Å². The van der Waals surface area contributed by atoms with Gasteiger partial charge < -0.3 is 15.7 Å². The van der Waals surface area contributed by atoms with Crippen molar-refractivity contribution in [3.63, 3.8) is 0 Å². The summed E-state index contributed by atoms with van der Waals surface area (Å²) >= 11 is 0. The average molecular weight is 309 g/mol. The third kappa shape index (κ3) is 3.41. The molecule has 2 atom stereocenters. The number of aromatic amines is 1. The number of carbonyl (C=O) groups is 1. The molecule has 1 aliphatic rings. The molecule has 1 aliphatic heterocycles. The molecule has 2 aromatic rings. The molecule has 1 amide bonds. The molecule has 3 rings (SSSR count). The summed E-state index contributed by atoms with van der Waals surface area (Å²) in [7, 11) is 0. The number of hydrogen-bond acceptors (Lipinski definition) is 4. The van der Waals surface area contributed by atoms with Crippen LogP contribution in [0.1, 0.15) is 10.4 Å². The number of H-pyrrole nitrogens is 1. The van der Waals surface area contributed by atoms with Gasteiger partial charge in [-0.15, -0.1) is 12.4 Å². The highest BCUT2D eigenvalue weighted by atomic mass is 35.5. The lowest BCUT2D eigenvalue weighted by molar-refractivity contribution is 0.0888. The monoisotopic (exact) mass is 308 g/mol. The number of carbonyl (C=O) groups excluding carboxylic acids is 1. The average Bonchev–Trinajstić information content (AvgIpc) is 3.12. The van der Waals surface area contributed by atoms with Crippen LogP contribution in [0.25, 0.3) is 11.1 Å². The lowest BCUT2D eigenvalue weighted by atomic mass is 10.1. The SMILES string of the molecule is Cl.O=C(N[C@@H]1CNC[C@H]1O)c1cccc(-c2cn[nH]c2)c1. The van der Waals surface area contributed by atoms with Gasteiger partial charge >= 0.3 is 0 Å². The number of β-amino-alcohol motifs (C(OH)–C–C–N with tert-alkyl or cyclic N) is 1. The Bertz CT molecular complexity index is 603. The fourth-order valence-corrected chi connectivity index (χ4v) is 2.31. The van der Waals surface area contributed by atoms with Gasteiger partial charge in [0.05, 0.1) is 18.3 Å². The summed E-state index contributed by atoms with van der Waals surface area (Å²) in [6.45, 7) is 1.11. The fraction of sp³-hybridized carbons (Fsp3) is 0.286. The molecule has 1 saturated heterocycles. The molecule has 112 valence electrons. The topological polar surface area (TPSA) is 90.0 Å². The van der Waals surface area contributed by atoms with Gasteiger partial charge in [0, 0.05) is 30.4 Å². The van der Waals surface area contributed by atoms with Crippen molar-refractivity contribution < 1.29 is 9.90 Å². The molecule has 4 N–H and O–H groups in total. The van der Waals surface area contributed by atoms with Crippen molar-refractivity contribution in [2.24, 2.45) is 0 Å². The smallest absolute Gasteiger partial charge is 0.251 e. The molecule has 21 heavy (non-hydrogen) atoms. The molecule has 6 nitrogen and oxygen atoms in total. The second kappa shape index (κ2) is 6.71. The van der Waals surface area contributed by atoms with Crippen LogP contribution in [0.3, 0.4) is 0 Å². The summed E-state index contributed by atoms with van der Waals surface area (Å²) in [6, 6.07) is 7.09. The number of aromatic nitrogens is 2. The van der Waals surface area contributed by atoms with Crippen molar-refractivity contribution in [1.29, 1.82) is 0 Å². The van der Waals surface area contributed by atoms with Crippen LogP contribution < -0.4 is 10.6 Å². The lowest BCUT2D eigenvalue weighted by Gasteiger charge is -2.15. The zero-order valence-electron chi connectivity index (χ0n) is 11.2. The lowest BCUT2D eigenvalue weighted by Crippen LogP contribution is -2.42.